The van der Waals surface area contributed by atoms with Gasteiger partial charge in [0.15, 0.2) is 0 Å². The predicted octanol–water partition coefficient (Wildman–Crippen LogP) is 3.77. The van der Waals surface area contributed by atoms with Gasteiger partial charge in [0, 0.05) is 31.7 Å². The largest absolute Gasteiger partial charge is 0.348 e. The van der Waals surface area contributed by atoms with E-state index in [0.29, 0.717) is 29.6 Å². The third kappa shape index (κ3) is 6.80. The number of piperidine rings is 1. The fourth-order valence-corrected chi connectivity index (χ4v) is 5.02. The standard InChI is InChI=1S/C24H33N3O3S/c1-17-11-18(2)15-27(14-17)16-22-8-6-5-7-21(22)13-25-24(28)20-10-9-19(3)23(12-20)26-31(4,29)30/h5-10,12,17-18,26H,11,13-16H2,1-4H3,(H,25,28). The number of rotatable bonds is 7. The van der Waals surface area contributed by atoms with E-state index in [2.05, 4.69) is 40.9 Å². The van der Waals surface area contributed by atoms with Gasteiger partial charge in [0.1, 0.15) is 0 Å². The second-order valence-electron chi connectivity index (χ2n) is 9.00. The van der Waals surface area contributed by atoms with Gasteiger partial charge in [-0.2, -0.15) is 0 Å². The molecule has 2 aromatic carbocycles. The van der Waals surface area contributed by atoms with Gasteiger partial charge in [-0.3, -0.25) is 14.4 Å². The lowest BCUT2D eigenvalue weighted by Crippen LogP contribution is -2.38. The fraction of sp³-hybridized carbons (Fsp3) is 0.458. The quantitative estimate of drug-likeness (QED) is 0.683. The summed E-state index contributed by atoms with van der Waals surface area (Å²) in [6, 6.07) is 13.3. The van der Waals surface area contributed by atoms with Crippen LogP contribution in [0.5, 0.6) is 0 Å². The van der Waals surface area contributed by atoms with Crippen LogP contribution in [0.2, 0.25) is 0 Å². The van der Waals surface area contributed by atoms with Crippen LogP contribution >= 0.6 is 0 Å². The number of hydrogen-bond donors (Lipinski definition) is 2. The van der Waals surface area contributed by atoms with Crippen molar-refractivity contribution in [2.45, 2.75) is 40.3 Å². The SMILES string of the molecule is Cc1ccc(C(=O)NCc2ccccc2CN2CC(C)CC(C)C2)cc1NS(C)(=O)=O. The van der Waals surface area contributed by atoms with Gasteiger partial charge in [-0.15, -0.1) is 0 Å². The summed E-state index contributed by atoms with van der Waals surface area (Å²) in [6.45, 7) is 9.93. The van der Waals surface area contributed by atoms with Crippen molar-refractivity contribution in [2.75, 3.05) is 24.1 Å². The van der Waals surface area contributed by atoms with E-state index in [4.69, 9.17) is 0 Å². The minimum absolute atomic E-state index is 0.230. The summed E-state index contributed by atoms with van der Waals surface area (Å²) >= 11 is 0. The van der Waals surface area contributed by atoms with Crippen molar-refractivity contribution >= 4 is 21.6 Å². The van der Waals surface area contributed by atoms with Gasteiger partial charge >= 0.3 is 0 Å². The topological polar surface area (TPSA) is 78.5 Å². The van der Waals surface area contributed by atoms with Crippen LogP contribution in [0.3, 0.4) is 0 Å². The smallest absolute Gasteiger partial charge is 0.251 e. The molecule has 31 heavy (non-hydrogen) atoms. The van der Waals surface area contributed by atoms with Crippen molar-refractivity contribution in [3.8, 4) is 0 Å². The summed E-state index contributed by atoms with van der Waals surface area (Å²) in [5.41, 5.74) is 3.94. The molecule has 2 atom stereocenters. The molecule has 0 bridgehead atoms. The van der Waals surface area contributed by atoms with E-state index in [1.165, 1.54) is 12.0 Å². The first-order chi connectivity index (χ1) is 14.6. The molecule has 2 unspecified atom stereocenters. The average Bonchev–Trinajstić information content (AvgIpc) is 2.67. The highest BCUT2D eigenvalue weighted by Crippen LogP contribution is 2.23. The number of hydrogen-bond acceptors (Lipinski definition) is 4. The number of benzene rings is 2. The number of likely N-dealkylation sites (tertiary alicyclic amines) is 1. The van der Waals surface area contributed by atoms with E-state index in [1.54, 1.807) is 25.1 Å². The first-order valence-electron chi connectivity index (χ1n) is 10.8. The Balaban J connectivity index is 1.68. The van der Waals surface area contributed by atoms with Crippen LogP contribution in [-0.4, -0.2) is 38.6 Å². The summed E-state index contributed by atoms with van der Waals surface area (Å²) in [5, 5.41) is 2.99. The van der Waals surface area contributed by atoms with E-state index < -0.39 is 10.0 Å². The number of carbonyl (C=O) groups excluding carboxylic acids is 1. The highest BCUT2D eigenvalue weighted by Gasteiger charge is 2.22. The molecule has 1 fully saturated rings. The second-order valence-corrected chi connectivity index (χ2v) is 10.7. The lowest BCUT2D eigenvalue weighted by Gasteiger charge is -2.35. The van der Waals surface area contributed by atoms with Crippen molar-refractivity contribution in [3.05, 3.63) is 64.7 Å². The molecule has 0 spiro atoms. The molecule has 2 aromatic rings. The maximum Gasteiger partial charge on any atom is 0.251 e. The molecule has 1 amide bonds. The molecule has 0 saturated carbocycles. The van der Waals surface area contributed by atoms with E-state index in [1.807, 2.05) is 12.1 Å². The minimum Gasteiger partial charge on any atom is -0.348 e. The lowest BCUT2D eigenvalue weighted by atomic mass is 9.91. The van der Waals surface area contributed by atoms with Crippen molar-refractivity contribution < 1.29 is 13.2 Å². The lowest BCUT2D eigenvalue weighted by molar-refractivity contribution is 0.0950. The Morgan fingerprint density at radius 3 is 2.35 bits per heavy atom. The van der Waals surface area contributed by atoms with Crippen molar-refractivity contribution in [2.24, 2.45) is 11.8 Å². The highest BCUT2D eigenvalue weighted by molar-refractivity contribution is 7.92. The zero-order chi connectivity index (χ0) is 22.6. The van der Waals surface area contributed by atoms with Crippen LogP contribution < -0.4 is 10.0 Å². The number of carbonyl (C=O) groups is 1. The molecule has 7 heteroatoms. The molecule has 6 nitrogen and oxygen atoms in total. The summed E-state index contributed by atoms with van der Waals surface area (Å²) in [4.78, 5) is 15.2. The van der Waals surface area contributed by atoms with Gasteiger partial charge in [0.2, 0.25) is 10.0 Å². The number of nitrogens with one attached hydrogen (secondary N) is 2. The van der Waals surface area contributed by atoms with Crippen molar-refractivity contribution in [1.82, 2.24) is 10.2 Å². The molecule has 1 heterocycles. The molecule has 0 aromatic heterocycles. The Morgan fingerprint density at radius 1 is 1.06 bits per heavy atom. The monoisotopic (exact) mass is 443 g/mol. The first kappa shape index (κ1) is 23.3. The summed E-state index contributed by atoms with van der Waals surface area (Å²) in [5.74, 6) is 1.17. The zero-order valence-corrected chi connectivity index (χ0v) is 19.6. The zero-order valence-electron chi connectivity index (χ0n) is 18.8. The van der Waals surface area contributed by atoms with Gasteiger partial charge in [0.05, 0.1) is 11.9 Å². The second kappa shape index (κ2) is 9.83. The van der Waals surface area contributed by atoms with Crippen LogP contribution in [-0.2, 0) is 23.1 Å². The number of sulfonamides is 1. The molecule has 2 N–H and O–H groups in total. The third-order valence-corrected chi connectivity index (χ3v) is 6.28. The molecule has 0 radical (unpaired) electrons. The van der Waals surface area contributed by atoms with Crippen molar-refractivity contribution in [3.63, 3.8) is 0 Å². The average molecular weight is 444 g/mol. The third-order valence-electron chi connectivity index (χ3n) is 5.69. The molecule has 0 aliphatic carbocycles. The van der Waals surface area contributed by atoms with Crippen LogP contribution in [0, 0.1) is 18.8 Å². The molecular weight excluding hydrogens is 410 g/mol. The van der Waals surface area contributed by atoms with Crippen LogP contribution in [0.25, 0.3) is 0 Å². The van der Waals surface area contributed by atoms with Gasteiger partial charge in [-0.05, 0) is 54.0 Å². The number of amides is 1. The van der Waals surface area contributed by atoms with Gasteiger partial charge in [0.25, 0.3) is 5.91 Å². The number of aryl methyl sites for hydroxylation is 1. The maximum absolute atomic E-state index is 12.7. The minimum atomic E-state index is -3.41. The van der Waals surface area contributed by atoms with Crippen LogP contribution in [0.1, 0.15) is 47.3 Å². The van der Waals surface area contributed by atoms with E-state index in [9.17, 15) is 13.2 Å². The summed E-state index contributed by atoms with van der Waals surface area (Å²) < 4.78 is 25.6. The Labute approximate surface area is 186 Å². The molecule has 1 aliphatic rings. The van der Waals surface area contributed by atoms with Crippen molar-refractivity contribution in [1.29, 1.82) is 0 Å². The molecule has 168 valence electrons. The summed E-state index contributed by atoms with van der Waals surface area (Å²) in [6.07, 6.45) is 2.38. The molecule has 1 aliphatic heterocycles. The fourth-order valence-electron chi connectivity index (χ4n) is 4.40. The van der Waals surface area contributed by atoms with E-state index >= 15 is 0 Å². The highest BCUT2D eigenvalue weighted by atomic mass is 32.2. The Kier molecular flexibility index (Phi) is 7.38. The Morgan fingerprint density at radius 2 is 1.71 bits per heavy atom. The van der Waals surface area contributed by atoms with E-state index in [-0.39, 0.29) is 5.91 Å². The molecule has 1 saturated heterocycles. The van der Waals surface area contributed by atoms with Gasteiger partial charge in [-0.25, -0.2) is 8.42 Å². The Hall–Kier alpha value is -2.38. The number of nitrogens with zero attached hydrogens (tertiary/aromatic N) is 1. The Bertz CT molecular complexity index is 1030. The van der Waals surface area contributed by atoms with Gasteiger partial charge < -0.3 is 5.32 Å². The molecular formula is C24H33N3O3S. The van der Waals surface area contributed by atoms with E-state index in [0.717, 1.165) is 37.0 Å². The van der Waals surface area contributed by atoms with Crippen LogP contribution in [0.4, 0.5) is 5.69 Å². The normalized spacial score (nSPS) is 19.7. The molecule has 3 rings (SSSR count). The summed E-state index contributed by atoms with van der Waals surface area (Å²) in [7, 11) is -3.41. The maximum atomic E-state index is 12.7. The van der Waals surface area contributed by atoms with Gasteiger partial charge in [-0.1, -0.05) is 44.2 Å². The first-order valence-corrected chi connectivity index (χ1v) is 12.7. The van der Waals surface area contributed by atoms with Crippen LogP contribution in [0.15, 0.2) is 42.5 Å². The predicted molar refractivity (Wildman–Crippen MR) is 125 cm³/mol. The number of anilines is 1.